The number of para-hydroxylation sites is 1. The minimum absolute atomic E-state index is 0.0828. The fraction of sp³-hybridized carbons (Fsp3) is 0.211. The van der Waals surface area contributed by atoms with E-state index in [9.17, 15) is 9.59 Å². The van der Waals surface area contributed by atoms with Gasteiger partial charge in [-0.1, -0.05) is 18.2 Å². The summed E-state index contributed by atoms with van der Waals surface area (Å²) in [5.41, 5.74) is 2.23. The van der Waals surface area contributed by atoms with Gasteiger partial charge in [-0.05, 0) is 44.0 Å². The molecule has 1 saturated carbocycles. The summed E-state index contributed by atoms with van der Waals surface area (Å²) in [6.45, 7) is 1.77. The number of nitrogens with zero attached hydrogens (tertiary/aromatic N) is 2. The second kappa shape index (κ2) is 6.05. The van der Waals surface area contributed by atoms with Crippen molar-refractivity contribution in [2.24, 2.45) is 0 Å². The highest BCUT2D eigenvalue weighted by molar-refractivity contribution is 6.03. The van der Waals surface area contributed by atoms with E-state index in [0.29, 0.717) is 17.4 Å². The molecule has 0 bridgehead atoms. The fourth-order valence-corrected chi connectivity index (χ4v) is 2.77. The Morgan fingerprint density at radius 1 is 1.20 bits per heavy atom. The van der Waals surface area contributed by atoms with Gasteiger partial charge in [-0.2, -0.15) is 5.10 Å². The Kier molecular flexibility index (Phi) is 3.72. The zero-order valence-electron chi connectivity index (χ0n) is 13.8. The third kappa shape index (κ3) is 3.10. The highest BCUT2D eigenvalue weighted by Gasteiger charge is 2.28. The maximum Gasteiger partial charge on any atom is 0.262 e. The highest BCUT2D eigenvalue weighted by Crippen LogP contribution is 2.40. The van der Waals surface area contributed by atoms with Gasteiger partial charge in [0.1, 0.15) is 11.4 Å². The quantitative estimate of drug-likeness (QED) is 0.770. The number of pyridine rings is 1. The first-order valence-corrected chi connectivity index (χ1v) is 8.28. The van der Waals surface area contributed by atoms with Crippen molar-refractivity contribution in [3.8, 4) is 5.69 Å². The van der Waals surface area contributed by atoms with Gasteiger partial charge in [-0.15, -0.1) is 0 Å². The Hall–Kier alpha value is -3.15. The standard InChI is InChI=1S/C19H18N4O2/c1-12-7-10-15(18(24)20-12)19(25)21-17-11-16(13-8-9-13)22-23(17)14-5-3-2-4-6-14/h2-7,10-11,13H,8-9H2,1H3,(H,20,24)(H,21,25). The maximum atomic E-state index is 12.6. The van der Waals surface area contributed by atoms with E-state index in [2.05, 4.69) is 15.4 Å². The summed E-state index contributed by atoms with van der Waals surface area (Å²) >= 11 is 0. The molecule has 0 saturated heterocycles. The molecule has 0 spiro atoms. The highest BCUT2D eigenvalue weighted by atomic mass is 16.2. The predicted molar refractivity (Wildman–Crippen MR) is 95.3 cm³/mol. The summed E-state index contributed by atoms with van der Waals surface area (Å²) in [4.78, 5) is 27.2. The average Bonchev–Trinajstić information content (AvgIpc) is 3.37. The predicted octanol–water partition coefficient (Wildman–Crippen LogP) is 3.00. The van der Waals surface area contributed by atoms with Crippen LogP contribution in [0.2, 0.25) is 0 Å². The van der Waals surface area contributed by atoms with Crippen molar-refractivity contribution in [3.05, 3.63) is 75.8 Å². The summed E-state index contributed by atoms with van der Waals surface area (Å²) in [5, 5.41) is 7.47. The summed E-state index contributed by atoms with van der Waals surface area (Å²) in [6.07, 6.45) is 2.24. The lowest BCUT2D eigenvalue weighted by Crippen LogP contribution is -2.24. The van der Waals surface area contributed by atoms with Crippen molar-refractivity contribution in [1.29, 1.82) is 0 Å². The molecule has 4 rings (SSSR count). The van der Waals surface area contributed by atoms with E-state index in [-0.39, 0.29) is 5.56 Å². The molecular formula is C19H18N4O2. The monoisotopic (exact) mass is 334 g/mol. The lowest BCUT2D eigenvalue weighted by atomic mass is 10.2. The molecule has 0 unspecified atom stereocenters. The number of hydrogen-bond donors (Lipinski definition) is 2. The number of aryl methyl sites for hydroxylation is 1. The van der Waals surface area contributed by atoms with Crippen molar-refractivity contribution < 1.29 is 4.79 Å². The second-order valence-corrected chi connectivity index (χ2v) is 6.31. The van der Waals surface area contributed by atoms with Gasteiger partial charge in [0, 0.05) is 17.7 Å². The van der Waals surface area contributed by atoms with Gasteiger partial charge < -0.3 is 10.3 Å². The van der Waals surface area contributed by atoms with Gasteiger partial charge in [0.05, 0.1) is 11.4 Å². The molecule has 6 nitrogen and oxygen atoms in total. The Balaban J connectivity index is 1.69. The van der Waals surface area contributed by atoms with Crippen molar-refractivity contribution in [3.63, 3.8) is 0 Å². The van der Waals surface area contributed by atoms with Crippen LogP contribution in [0, 0.1) is 6.92 Å². The maximum absolute atomic E-state index is 12.6. The Morgan fingerprint density at radius 3 is 2.64 bits per heavy atom. The molecule has 2 N–H and O–H groups in total. The Labute approximate surface area is 144 Å². The van der Waals surface area contributed by atoms with Crippen LogP contribution in [-0.4, -0.2) is 20.7 Å². The van der Waals surface area contributed by atoms with Crippen LogP contribution in [0.4, 0.5) is 5.82 Å². The van der Waals surface area contributed by atoms with Gasteiger partial charge in [0.2, 0.25) is 0 Å². The van der Waals surface area contributed by atoms with Crippen LogP contribution >= 0.6 is 0 Å². The molecule has 0 aliphatic heterocycles. The van der Waals surface area contributed by atoms with Gasteiger partial charge in [0.15, 0.2) is 0 Å². The summed E-state index contributed by atoms with van der Waals surface area (Å²) in [6, 6.07) is 14.8. The molecule has 1 aliphatic carbocycles. The number of nitrogens with one attached hydrogen (secondary N) is 2. The van der Waals surface area contributed by atoms with E-state index >= 15 is 0 Å². The molecule has 1 aliphatic rings. The number of amides is 1. The normalized spacial score (nSPS) is 13.6. The summed E-state index contributed by atoms with van der Waals surface area (Å²) in [7, 11) is 0. The molecule has 0 atom stereocenters. The van der Waals surface area contributed by atoms with Gasteiger partial charge in [-0.3, -0.25) is 9.59 Å². The van der Waals surface area contributed by atoms with Crippen molar-refractivity contribution >= 4 is 11.7 Å². The van der Waals surface area contributed by atoms with Crippen molar-refractivity contribution in [2.75, 3.05) is 5.32 Å². The molecule has 1 fully saturated rings. The Morgan fingerprint density at radius 2 is 1.96 bits per heavy atom. The first-order valence-electron chi connectivity index (χ1n) is 8.28. The number of hydrogen-bond acceptors (Lipinski definition) is 3. The van der Waals surface area contributed by atoms with Crippen LogP contribution in [0.15, 0.2) is 53.3 Å². The number of aromatic nitrogens is 3. The number of aromatic amines is 1. The number of benzene rings is 1. The lowest BCUT2D eigenvalue weighted by Gasteiger charge is -2.08. The topological polar surface area (TPSA) is 79.8 Å². The number of anilines is 1. The molecule has 126 valence electrons. The van der Waals surface area contributed by atoms with Gasteiger partial charge >= 0.3 is 0 Å². The molecule has 0 radical (unpaired) electrons. The summed E-state index contributed by atoms with van der Waals surface area (Å²) < 4.78 is 1.72. The van der Waals surface area contributed by atoms with Crippen LogP contribution in [-0.2, 0) is 0 Å². The van der Waals surface area contributed by atoms with E-state index in [1.165, 1.54) is 6.07 Å². The number of H-pyrrole nitrogens is 1. The first kappa shape index (κ1) is 15.4. The van der Waals surface area contributed by atoms with Crippen LogP contribution in [0.25, 0.3) is 5.69 Å². The van der Waals surface area contributed by atoms with Crippen molar-refractivity contribution in [1.82, 2.24) is 14.8 Å². The smallest absolute Gasteiger partial charge is 0.262 e. The molecule has 2 heterocycles. The molecular weight excluding hydrogens is 316 g/mol. The molecule has 1 amide bonds. The minimum atomic E-state index is -0.444. The fourth-order valence-electron chi connectivity index (χ4n) is 2.77. The van der Waals surface area contributed by atoms with Crippen molar-refractivity contribution in [2.45, 2.75) is 25.7 Å². The largest absolute Gasteiger partial charge is 0.326 e. The first-order chi connectivity index (χ1) is 12.1. The van der Waals surface area contributed by atoms with E-state index in [1.54, 1.807) is 17.7 Å². The SMILES string of the molecule is Cc1ccc(C(=O)Nc2cc(C3CC3)nn2-c2ccccc2)c(=O)[nH]1. The molecule has 3 aromatic rings. The zero-order valence-corrected chi connectivity index (χ0v) is 13.8. The second-order valence-electron chi connectivity index (χ2n) is 6.31. The van der Waals surface area contributed by atoms with E-state index < -0.39 is 11.5 Å². The van der Waals surface area contributed by atoms with Crippen LogP contribution in [0.3, 0.4) is 0 Å². The third-order valence-corrected chi connectivity index (χ3v) is 4.27. The number of carbonyl (C=O) groups excluding carboxylic acids is 1. The van der Waals surface area contributed by atoms with E-state index in [0.717, 1.165) is 24.2 Å². The molecule has 2 aromatic heterocycles. The van der Waals surface area contributed by atoms with Gasteiger partial charge in [0.25, 0.3) is 11.5 Å². The summed E-state index contributed by atoms with van der Waals surface area (Å²) in [5.74, 6) is 0.585. The zero-order chi connectivity index (χ0) is 17.4. The molecule has 1 aromatic carbocycles. The number of rotatable bonds is 4. The van der Waals surface area contributed by atoms with E-state index in [1.807, 2.05) is 36.4 Å². The third-order valence-electron chi connectivity index (χ3n) is 4.27. The molecule has 25 heavy (non-hydrogen) atoms. The lowest BCUT2D eigenvalue weighted by molar-refractivity contribution is 0.102. The van der Waals surface area contributed by atoms with Crippen LogP contribution in [0.5, 0.6) is 0 Å². The van der Waals surface area contributed by atoms with Crippen LogP contribution in [0.1, 0.15) is 40.5 Å². The van der Waals surface area contributed by atoms with Crippen LogP contribution < -0.4 is 10.9 Å². The average molecular weight is 334 g/mol. The van der Waals surface area contributed by atoms with E-state index in [4.69, 9.17) is 0 Å². The minimum Gasteiger partial charge on any atom is -0.326 e. The van der Waals surface area contributed by atoms with Gasteiger partial charge in [-0.25, -0.2) is 4.68 Å². The molecule has 6 heteroatoms. The number of carbonyl (C=O) groups is 1. The Bertz CT molecular complexity index is 984.